The van der Waals surface area contributed by atoms with E-state index in [2.05, 4.69) is 30.9 Å². The third-order valence-corrected chi connectivity index (χ3v) is 4.00. The minimum Gasteiger partial charge on any atom is -0.396 e. The number of aliphatic hydroxyl groups is 1. The molecule has 16 heavy (non-hydrogen) atoms. The molecule has 3 heteroatoms. The minimum atomic E-state index is 0.339. The summed E-state index contributed by atoms with van der Waals surface area (Å²) in [6.45, 7) is 2.69. The Balaban J connectivity index is 2.19. The van der Waals surface area contributed by atoms with Gasteiger partial charge >= 0.3 is 0 Å². The van der Waals surface area contributed by atoms with Crippen molar-refractivity contribution in [3.63, 3.8) is 0 Å². The number of rotatable bonds is 8. The molecule has 0 unspecified atom stereocenters. The van der Waals surface area contributed by atoms with Crippen molar-refractivity contribution >= 4 is 0 Å². The molecule has 0 spiro atoms. The van der Waals surface area contributed by atoms with Gasteiger partial charge in [0.2, 0.25) is 0 Å². The maximum atomic E-state index is 8.72. The van der Waals surface area contributed by atoms with E-state index in [4.69, 9.17) is 5.11 Å². The van der Waals surface area contributed by atoms with Crippen LogP contribution in [0.2, 0.25) is 0 Å². The number of aliphatic hydroxyl groups excluding tert-OH is 1. The topological polar surface area (TPSA) is 26.7 Å². The summed E-state index contributed by atoms with van der Waals surface area (Å²) < 4.78 is 0. The average Bonchev–Trinajstić information content (AvgIpc) is 2.18. The quantitative estimate of drug-likeness (QED) is 0.639. The first-order chi connectivity index (χ1) is 7.60. The van der Waals surface area contributed by atoms with Crippen LogP contribution < -0.4 is 0 Å². The average molecular weight is 228 g/mol. The number of nitrogens with zero attached hydrogens (tertiary/aromatic N) is 2. The van der Waals surface area contributed by atoms with Gasteiger partial charge in [0.1, 0.15) is 0 Å². The van der Waals surface area contributed by atoms with Gasteiger partial charge in [0.25, 0.3) is 0 Å². The van der Waals surface area contributed by atoms with Crippen molar-refractivity contribution in [2.75, 3.05) is 40.8 Å². The molecule has 0 aromatic heterocycles. The number of hydrogen-bond donors (Lipinski definition) is 1. The van der Waals surface area contributed by atoms with Gasteiger partial charge in [-0.1, -0.05) is 0 Å². The van der Waals surface area contributed by atoms with Crippen LogP contribution in [0.1, 0.15) is 38.5 Å². The van der Waals surface area contributed by atoms with Crippen LogP contribution in [-0.4, -0.2) is 61.3 Å². The molecule has 0 atom stereocenters. The van der Waals surface area contributed by atoms with Crippen molar-refractivity contribution < 1.29 is 5.11 Å². The van der Waals surface area contributed by atoms with Crippen molar-refractivity contribution in [3.8, 4) is 0 Å². The highest BCUT2D eigenvalue weighted by Crippen LogP contribution is 2.36. The van der Waals surface area contributed by atoms with Crippen LogP contribution in [0.15, 0.2) is 0 Å². The van der Waals surface area contributed by atoms with Gasteiger partial charge in [0.05, 0.1) is 0 Å². The molecule has 1 aliphatic carbocycles. The predicted molar refractivity (Wildman–Crippen MR) is 68.7 cm³/mol. The highest BCUT2D eigenvalue weighted by molar-refractivity contribution is 4.97. The number of hydrogen-bond acceptors (Lipinski definition) is 3. The Labute approximate surface area is 100 Å². The van der Waals surface area contributed by atoms with Crippen LogP contribution >= 0.6 is 0 Å². The molecule has 0 saturated heterocycles. The van der Waals surface area contributed by atoms with Crippen LogP contribution in [0.4, 0.5) is 0 Å². The van der Waals surface area contributed by atoms with E-state index in [1.54, 1.807) is 0 Å². The van der Waals surface area contributed by atoms with E-state index in [1.165, 1.54) is 32.2 Å². The molecule has 0 amide bonds. The molecule has 0 heterocycles. The van der Waals surface area contributed by atoms with Crippen molar-refractivity contribution in [3.05, 3.63) is 0 Å². The van der Waals surface area contributed by atoms with Crippen molar-refractivity contribution in [1.82, 2.24) is 9.80 Å². The fourth-order valence-electron chi connectivity index (χ4n) is 2.58. The molecule has 0 radical (unpaired) electrons. The Morgan fingerprint density at radius 1 is 1.06 bits per heavy atom. The monoisotopic (exact) mass is 228 g/mol. The van der Waals surface area contributed by atoms with E-state index in [1.807, 2.05) is 0 Å². The van der Waals surface area contributed by atoms with Gasteiger partial charge < -0.3 is 14.9 Å². The van der Waals surface area contributed by atoms with E-state index < -0.39 is 0 Å². The van der Waals surface area contributed by atoms with Gasteiger partial charge in [-0.15, -0.1) is 0 Å². The molecule has 1 saturated carbocycles. The second kappa shape index (κ2) is 6.58. The summed E-state index contributed by atoms with van der Waals surface area (Å²) >= 11 is 0. The van der Waals surface area contributed by atoms with Gasteiger partial charge in [-0.05, 0) is 66.2 Å². The second-order valence-corrected chi connectivity index (χ2v) is 5.49. The Kier molecular flexibility index (Phi) is 5.73. The Morgan fingerprint density at radius 3 is 2.19 bits per heavy atom. The van der Waals surface area contributed by atoms with Crippen molar-refractivity contribution in [2.45, 2.75) is 44.1 Å². The van der Waals surface area contributed by atoms with Crippen LogP contribution in [0.5, 0.6) is 0 Å². The molecule has 3 nitrogen and oxygen atoms in total. The molecule has 1 rings (SSSR count). The molecule has 0 aliphatic heterocycles. The first kappa shape index (κ1) is 13.9. The van der Waals surface area contributed by atoms with Crippen LogP contribution in [-0.2, 0) is 0 Å². The molecule has 0 aromatic rings. The number of likely N-dealkylation sites (N-methyl/N-ethyl adjacent to an activating group) is 2. The fraction of sp³-hybridized carbons (Fsp3) is 1.00. The summed E-state index contributed by atoms with van der Waals surface area (Å²) in [5.41, 5.74) is 0.450. The van der Waals surface area contributed by atoms with E-state index in [-0.39, 0.29) is 0 Å². The minimum absolute atomic E-state index is 0.339. The molecule has 0 aromatic carbocycles. The summed E-state index contributed by atoms with van der Waals surface area (Å²) in [5, 5.41) is 8.72. The molecule has 1 aliphatic rings. The zero-order chi connectivity index (χ0) is 12.0. The highest BCUT2D eigenvalue weighted by Gasteiger charge is 2.39. The first-order valence-electron chi connectivity index (χ1n) is 6.57. The lowest BCUT2D eigenvalue weighted by Crippen LogP contribution is -2.56. The maximum absolute atomic E-state index is 8.72. The van der Waals surface area contributed by atoms with Gasteiger partial charge in [-0.25, -0.2) is 0 Å². The highest BCUT2D eigenvalue weighted by atomic mass is 16.2. The van der Waals surface area contributed by atoms with Crippen LogP contribution in [0.25, 0.3) is 0 Å². The predicted octanol–water partition coefficient (Wildman–Crippen LogP) is 1.57. The summed E-state index contributed by atoms with van der Waals surface area (Å²) in [5.74, 6) is 0. The van der Waals surface area contributed by atoms with E-state index in [9.17, 15) is 0 Å². The molecule has 0 bridgehead atoms. The lowest BCUT2D eigenvalue weighted by molar-refractivity contribution is 0.0274. The van der Waals surface area contributed by atoms with E-state index in [0.717, 1.165) is 19.4 Å². The molecule has 1 N–H and O–H groups in total. The Bertz CT molecular complexity index is 190. The molecule has 1 fully saturated rings. The van der Waals surface area contributed by atoms with E-state index in [0.29, 0.717) is 12.1 Å². The SMILES string of the molecule is CN(CCCCCO)CC1(N(C)C)CCC1. The summed E-state index contributed by atoms with van der Waals surface area (Å²) in [4.78, 5) is 4.86. The fourth-order valence-corrected chi connectivity index (χ4v) is 2.58. The normalized spacial score (nSPS) is 19.1. The smallest absolute Gasteiger partial charge is 0.0431 e. The maximum Gasteiger partial charge on any atom is 0.0431 e. The number of unbranched alkanes of at least 4 members (excludes halogenated alkanes) is 2. The summed E-state index contributed by atoms with van der Waals surface area (Å²) in [6.07, 6.45) is 7.39. The first-order valence-corrected chi connectivity index (χ1v) is 6.57. The van der Waals surface area contributed by atoms with E-state index >= 15 is 0 Å². The standard InChI is InChI=1S/C13H28N2O/c1-14(2)13(8-7-9-13)12-15(3)10-5-4-6-11-16/h16H,4-12H2,1-3H3. The third-order valence-electron chi connectivity index (χ3n) is 4.00. The Hall–Kier alpha value is -0.120. The van der Waals surface area contributed by atoms with Gasteiger partial charge in [0, 0.05) is 18.7 Å². The lowest BCUT2D eigenvalue weighted by Gasteiger charge is -2.49. The zero-order valence-electron chi connectivity index (χ0n) is 11.2. The second-order valence-electron chi connectivity index (χ2n) is 5.49. The zero-order valence-corrected chi connectivity index (χ0v) is 11.2. The van der Waals surface area contributed by atoms with Crippen LogP contribution in [0, 0.1) is 0 Å². The lowest BCUT2D eigenvalue weighted by atomic mass is 9.75. The largest absolute Gasteiger partial charge is 0.396 e. The van der Waals surface area contributed by atoms with Gasteiger partial charge in [0.15, 0.2) is 0 Å². The summed E-state index contributed by atoms with van der Waals surface area (Å²) in [6, 6.07) is 0. The van der Waals surface area contributed by atoms with Gasteiger partial charge in [-0.3, -0.25) is 0 Å². The van der Waals surface area contributed by atoms with Crippen molar-refractivity contribution in [1.29, 1.82) is 0 Å². The molecule has 96 valence electrons. The van der Waals surface area contributed by atoms with Crippen molar-refractivity contribution in [2.24, 2.45) is 0 Å². The van der Waals surface area contributed by atoms with Crippen LogP contribution in [0.3, 0.4) is 0 Å². The molecular formula is C13H28N2O. The third kappa shape index (κ3) is 3.72. The Morgan fingerprint density at radius 2 is 1.75 bits per heavy atom. The van der Waals surface area contributed by atoms with Gasteiger partial charge in [-0.2, -0.15) is 0 Å². The summed E-state index contributed by atoms with van der Waals surface area (Å²) in [7, 11) is 6.64. The molecular weight excluding hydrogens is 200 g/mol.